The van der Waals surface area contributed by atoms with Crippen LogP contribution in [-0.2, 0) is 20.0 Å². The molecule has 20 aromatic rings. The Labute approximate surface area is 770 Å². The van der Waals surface area contributed by atoms with Gasteiger partial charge in [0.05, 0.1) is 21.5 Å². The quantitative estimate of drug-likeness (QED) is 0.0360. The molecule has 0 aliphatic carbocycles. The van der Waals surface area contributed by atoms with Gasteiger partial charge in [-0.05, 0) is 134 Å². The van der Waals surface area contributed by atoms with E-state index in [0.29, 0.717) is 66.1 Å². The zero-order valence-electron chi connectivity index (χ0n) is 70.0. The summed E-state index contributed by atoms with van der Waals surface area (Å²) in [5.74, 6) is -42.5. The summed E-state index contributed by atoms with van der Waals surface area (Å²) in [7, 11) is -27.9. The van der Waals surface area contributed by atoms with Gasteiger partial charge in [0.2, 0.25) is 0 Å². The number of hydrogen-bond donors (Lipinski definition) is 2. The number of nitrogens with zero attached hydrogens (tertiary/aromatic N) is 1. The summed E-state index contributed by atoms with van der Waals surface area (Å²) in [6.45, 7) is 0. The molecule has 29 heteroatoms. The molecular weight excluding hydrogens is 1860 g/mol. The Kier molecular flexibility index (Phi) is 21.1. The van der Waals surface area contributed by atoms with Crippen LogP contribution in [0.2, 0.25) is 0 Å². The van der Waals surface area contributed by atoms with E-state index < -0.39 is 171 Å². The summed E-state index contributed by atoms with van der Waals surface area (Å²) in [6, 6.07) is 94.7. The number of halogens is 14. The molecule has 20 aromatic carbocycles. The standard InChI is InChI=1S/C108H57F14N3O8P2S2/c109-89-85-87(91(111)99(119)97(89)117)95(115)107(101(121)93(85)113)136(126,127)124-134(130-103-77(65-45-37-61(38-46-65)57-21-5-1-6-22-57)53-69-29-13-17-33-73(69)81(103)82-74-34-18-14-30-70(74)54-78(104(82)131-134)66-47-39-62(40-48-66)58-23-7-2-8-24-58)123-135(125-137(128,129)108-96(116)88-86(94(114)102(108)122)90(110)98(118)100(120)92(88)112)132-105-79(67-49-41-63(42-50-67)59-25-9-3-10-26-59)55-71-31-15-19-35-75(71)83(105)84-76-36-20-16-32-72(76)56-80(106(84)133-135)68-51-43-64(44-52-68)60-27-11-4-12-28-60/h1-56H,(H,123,124,125)/p+1. The molecule has 0 saturated carbocycles. The summed E-state index contributed by atoms with van der Waals surface area (Å²) in [5, 5.41) is -7.12. The van der Waals surface area contributed by atoms with Crippen LogP contribution in [0.3, 0.4) is 0 Å². The Balaban J connectivity index is 0.986. The second-order valence-electron chi connectivity index (χ2n) is 32.4. The van der Waals surface area contributed by atoms with E-state index >= 15 is 78.3 Å². The van der Waals surface area contributed by atoms with Gasteiger partial charge in [0.25, 0.3) is 20.0 Å². The number of benzene rings is 20. The second kappa shape index (κ2) is 33.3. The molecule has 11 nitrogen and oxygen atoms in total. The van der Waals surface area contributed by atoms with E-state index in [4.69, 9.17) is 22.3 Å². The maximum absolute atomic E-state index is 18.6. The first kappa shape index (κ1) is 86.9. The number of fused-ring (bicyclic) bond motifs is 16. The van der Waals surface area contributed by atoms with Gasteiger partial charge in [-0.1, -0.05) is 324 Å². The molecule has 137 heavy (non-hydrogen) atoms. The highest BCUT2D eigenvalue weighted by atomic mass is 32.2. The van der Waals surface area contributed by atoms with Crippen LogP contribution in [0.5, 0.6) is 23.0 Å². The van der Waals surface area contributed by atoms with E-state index in [1.807, 2.05) is 57.5 Å². The van der Waals surface area contributed by atoms with Crippen LogP contribution in [0.15, 0.2) is 350 Å². The average Bonchev–Trinajstić information content (AvgIpc) is 1.69. The van der Waals surface area contributed by atoms with Crippen molar-refractivity contribution >= 4 is 100.0 Å². The predicted octanol–water partition coefficient (Wildman–Crippen LogP) is 30.4. The highest BCUT2D eigenvalue weighted by molar-refractivity contribution is 7.96. The van der Waals surface area contributed by atoms with Gasteiger partial charge < -0.3 is 18.1 Å². The molecule has 2 N–H and O–H groups in total. The molecule has 672 valence electrons. The molecule has 0 radical (unpaired) electrons. The summed E-state index contributed by atoms with van der Waals surface area (Å²) < 4.78 is 347. The molecule has 0 saturated heterocycles. The third-order valence-electron chi connectivity index (χ3n) is 24.4. The van der Waals surface area contributed by atoms with Crippen molar-refractivity contribution in [2.45, 2.75) is 9.79 Å². The summed E-state index contributed by atoms with van der Waals surface area (Å²) in [6.07, 6.45) is 0. The second-order valence-corrected chi connectivity index (χ2v) is 40.2. The minimum atomic E-state index is -7.08. The van der Waals surface area contributed by atoms with Crippen molar-refractivity contribution in [2.75, 3.05) is 0 Å². The Morgan fingerprint density at radius 1 is 0.204 bits per heavy atom. The fourth-order valence-electron chi connectivity index (χ4n) is 18.1. The number of rotatable bonds is 14. The van der Waals surface area contributed by atoms with Crippen LogP contribution in [0.1, 0.15) is 0 Å². The summed E-state index contributed by atoms with van der Waals surface area (Å²) in [4.78, 5) is -5.44. The maximum atomic E-state index is 18.6. The van der Waals surface area contributed by atoms with E-state index in [0.717, 1.165) is 0 Å². The van der Waals surface area contributed by atoms with Gasteiger partial charge in [-0.2, -0.15) is 0 Å². The van der Waals surface area contributed by atoms with Gasteiger partial charge in [-0.15, -0.1) is 0 Å². The van der Waals surface area contributed by atoms with E-state index in [2.05, 4.69) is 0 Å². The lowest BCUT2D eigenvalue weighted by Gasteiger charge is -2.21. The van der Waals surface area contributed by atoms with E-state index in [1.54, 1.807) is 291 Å². The van der Waals surface area contributed by atoms with Crippen molar-refractivity contribution < 1.29 is 96.4 Å². The Morgan fingerprint density at radius 2 is 0.387 bits per heavy atom. The number of nitrogens with one attached hydrogen (secondary N) is 2. The van der Waals surface area contributed by atoms with Crippen LogP contribution in [-0.4, -0.2) is 16.8 Å². The van der Waals surface area contributed by atoms with Crippen LogP contribution < -0.4 is 31.3 Å². The first-order chi connectivity index (χ1) is 66.2. The molecule has 2 aliphatic rings. The van der Waals surface area contributed by atoms with Crippen molar-refractivity contribution in [3.8, 4) is 134 Å². The lowest BCUT2D eigenvalue weighted by molar-refractivity contribution is 0.408. The van der Waals surface area contributed by atoms with Crippen molar-refractivity contribution in [1.82, 2.24) is 13.2 Å². The molecule has 2 aliphatic heterocycles. The molecule has 0 unspecified atom stereocenters. The smallest absolute Gasteiger partial charge is 0.374 e. The predicted molar refractivity (Wildman–Crippen MR) is 504 cm³/mol. The SMILES string of the molecule is O=S(=O)(NP1(=[N+]=P2(NS(=O)(=O)c3c(F)c(F)c4c(F)c(F)c(F)c(F)c4c3F)Oc3c(-c4ccc(-c5ccccc5)cc4)cc4ccccc4c3-c3c(c(-c4ccc(-c5ccccc5)cc4)cc4ccccc34)O2)Oc2c(-c3ccc(-c4ccccc4)cc3)cc3ccccc3c2-c2c(c(-c3ccc(-c4ccccc4)cc3)cc3ccccc23)O1)c1c(F)c(F)c2c(F)c(F)c(F)c(F)c2c1F. The Bertz CT molecular complexity index is 8110. The summed E-state index contributed by atoms with van der Waals surface area (Å²) >= 11 is 0. The van der Waals surface area contributed by atoms with Crippen LogP contribution >= 0.6 is 15.3 Å². The van der Waals surface area contributed by atoms with Gasteiger partial charge in [-0.25, -0.2) is 78.3 Å². The number of hydrogen-bond acceptors (Lipinski definition) is 8. The van der Waals surface area contributed by atoms with E-state index in [1.165, 1.54) is 0 Å². The topological polar surface area (TPSA) is 143 Å². The molecule has 0 bridgehead atoms. The minimum Gasteiger partial charge on any atom is -0.374 e. The monoisotopic (exact) mass is 1920 g/mol. The first-order valence-corrected chi connectivity index (χ1v) is 48.2. The van der Waals surface area contributed by atoms with Crippen LogP contribution in [0.4, 0.5) is 61.5 Å². The third-order valence-corrected chi connectivity index (χ3v) is 33.6. The van der Waals surface area contributed by atoms with Crippen molar-refractivity contribution in [2.24, 2.45) is 0 Å². The summed E-state index contributed by atoms with van der Waals surface area (Å²) in [5.41, 5.74) is 4.94. The normalized spacial score (nSPS) is 13.2. The van der Waals surface area contributed by atoms with Gasteiger partial charge in [0, 0.05) is 48.7 Å². The molecule has 0 fully saturated rings. The molecular formula is C108H58F14N3O8P2S2+. The van der Waals surface area contributed by atoms with E-state index in [9.17, 15) is 0 Å². The van der Waals surface area contributed by atoms with Gasteiger partial charge >= 0.3 is 15.3 Å². The highest BCUT2D eigenvalue weighted by Gasteiger charge is 2.59. The zero-order chi connectivity index (χ0) is 94.6. The van der Waals surface area contributed by atoms with Crippen molar-refractivity contribution in [1.29, 1.82) is 0 Å². The molecule has 0 atom stereocenters. The van der Waals surface area contributed by atoms with Crippen LogP contribution in [0.25, 0.3) is 176 Å². The van der Waals surface area contributed by atoms with Crippen molar-refractivity contribution in [3.05, 3.63) is 421 Å². The first-order valence-electron chi connectivity index (χ1n) is 42.1. The largest absolute Gasteiger partial charge is 0.686 e. The molecule has 2 heterocycles. The lowest BCUT2D eigenvalue weighted by atomic mass is 9.86. The molecule has 0 amide bonds. The minimum absolute atomic E-state index is 0.0971. The molecule has 0 aromatic heterocycles. The third kappa shape index (κ3) is 14.4. The fraction of sp³-hybridized carbons (Fsp3) is 0. The van der Waals surface area contributed by atoms with Crippen molar-refractivity contribution in [3.63, 3.8) is 0 Å². The lowest BCUT2D eigenvalue weighted by Crippen LogP contribution is -2.32. The van der Waals surface area contributed by atoms with Gasteiger partial charge in [-0.3, -0.25) is 0 Å². The van der Waals surface area contributed by atoms with E-state index in [-0.39, 0.29) is 88.3 Å². The Morgan fingerprint density at radius 3 is 0.613 bits per heavy atom. The van der Waals surface area contributed by atoms with Gasteiger partial charge in [0.1, 0.15) is 0 Å². The molecule has 22 rings (SSSR count). The number of sulfonamides is 2. The maximum Gasteiger partial charge on any atom is 0.686 e. The van der Waals surface area contributed by atoms with Crippen LogP contribution in [0, 0.1) is 81.4 Å². The highest BCUT2D eigenvalue weighted by Crippen LogP contribution is 2.68. The van der Waals surface area contributed by atoms with Gasteiger partial charge in [0.15, 0.2) is 114 Å². The Hall–Kier alpha value is -15.4. The average molecular weight is 1920 g/mol. The zero-order valence-corrected chi connectivity index (χ0v) is 73.5. The molecule has 0 spiro atoms. The fourth-order valence-corrected chi connectivity index (χ4v) is 27.8.